The summed E-state index contributed by atoms with van der Waals surface area (Å²) in [6.07, 6.45) is 1.75. The Morgan fingerprint density at radius 3 is 2.75 bits per heavy atom. The number of carbonyl (C=O) groups is 2. The number of nitrogens with zero attached hydrogens (tertiary/aromatic N) is 2. The molecule has 1 aliphatic rings. The predicted octanol–water partition coefficient (Wildman–Crippen LogP) is 3.65. The standard InChI is InChI=1S/C16H23F2N3O3/c1-16(2,3)24-15(23)20-11-7-19-21(8-11)12-5-4-10(9-22)13(6-12)14(17)18/h7-10,12-14H,4-6H2,1-3H3,(H,20,23). The van der Waals surface area contributed by atoms with Gasteiger partial charge in [0.05, 0.1) is 17.9 Å². The van der Waals surface area contributed by atoms with Gasteiger partial charge in [0, 0.05) is 18.0 Å². The number of ether oxygens (including phenoxy) is 1. The number of carbonyl (C=O) groups excluding carboxylic acids is 2. The monoisotopic (exact) mass is 343 g/mol. The van der Waals surface area contributed by atoms with Crippen molar-refractivity contribution in [1.29, 1.82) is 0 Å². The Hall–Kier alpha value is -1.99. The SMILES string of the molecule is CC(C)(C)OC(=O)Nc1cnn(C2CCC(C=O)C(C(F)F)C2)c1. The number of nitrogens with one attached hydrogen (secondary N) is 1. The highest BCUT2D eigenvalue weighted by Crippen LogP contribution is 2.39. The van der Waals surface area contributed by atoms with Crippen LogP contribution < -0.4 is 5.32 Å². The highest BCUT2D eigenvalue weighted by molar-refractivity contribution is 5.84. The second-order valence-electron chi connectivity index (χ2n) is 7.10. The van der Waals surface area contributed by atoms with E-state index in [2.05, 4.69) is 10.4 Å². The summed E-state index contributed by atoms with van der Waals surface area (Å²) in [4.78, 5) is 22.7. The molecule has 24 heavy (non-hydrogen) atoms. The maximum atomic E-state index is 13.1. The van der Waals surface area contributed by atoms with Crippen LogP contribution in [-0.2, 0) is 9.53 Å². The summed E-state index contributed by atoms with van der Waals surface area (Å²) >= 11 is 0. The fourth-order valence-corrected chi connectivity index (χ4v) is 2.93. The lowest BCUT2D eigenvalue weighted by molar-refractivity contribution is -0.117. The smallest absolute Gasteiger partial charge is 0.412 e. The molecule has 0 spiro atoms. The van der Waals surface area contributed by atoms with Crippen LogP contribution in [0.1, 0.15) is 46.1 Å². The number of aromatic nitrogens is 2. The van der Waals surface area contributed by atoms with Crippen LogP contribution in [0.5, 0.6) is 0 Å². The Balaban J connectivity index is 2.00. The number of aldehydes is 1. The fourth-order valence-electron chi connectivity index (χ4n) is 2.93. The van der Waals surface area contributed by atoms with Gasteiger partial charge in [-0.2, -0.15) is 5.10 Å². The van der Waals surface area contributed by atoms with Gasteiger partial charge in [0.1, 0.15) is 11.9 Å². The Bertz CT molecular complexity index is 583. The van der Waals surface area contributed by atoms with Gasteiger partial charge < -0.3 is 9.53 Å². The van der Waals surface area contributed by atoms with Crippen molar-refractivity contribution in [3.05, 3.63) is 12.4 Å². The number of amides is 1. The van der Waals surface area contributed by atoms with Crippen LogP contribution in [-0.4, -0.2) is 34.2 Å². The molecule has 3 atom stereocenters. The van der Waals surface area contributed by atoms with Crippen LogP contribution in [0.3, 0.4) is 0 Å². The van der Waals surface area contributed by atoms with E-state index in [0.717, 1.165) is 0 Å². The van der Waals surface area contributed by atoms with Crippen molar-refractivity contribution in [3.8, 4) is 0 Å². The molecular weight excluding hydrogens is 320 g/mol. The van der Waals surface area contributed by atoms with E-state index < -0.39 is 30.0 Å². The lowest BCUT2D eigenvalue weighted by atomic mass is 9.78. The van der Waals surface area contributed by atoms with Crippen LogP contribution in [0.15, 0.2) is 12.4 Å². The lowest BCUT2D eigenvalue weighted by Crippen LogP contribution is -2.32. The average Bonchev–Trinajstić information content (AvgIpc) is 2.92. The van der Waals surface area contributed by atoms with Crippen molar-refractivity contribution < 1.29 is 23.1 Å². The van der Waals surface area contributed by atoms with Gasteiger partial charge in [-0.25, -0.2) is 13.6 Å². The number of anilines is 1. The maximum absolute atomic E-state index is 13.1. The molecule has 1 N–H and O–H groups in total. The summed E-state index contributed by atoms with van der Waals surface area (Å²) in [7, 11) is 0. The normalized spacial score (nSPS) is 24.7. The van der Waals surface area contributed by atoms with Gasteiger partial charge in [0.25, 0.3) is 0 Å². The Kier molecular flexibility index (Phi) is 5.56. The fraction of sp³-hybridized carbons (Fsp3) is 0.688. The molecule has 0 bridgehead atoms. The lowest BCUT2D eigenvalue weighted by Gasteiger charge is -2.32. The zero-order valence-electron chi connectivity index (χ0n) is 14.0. The minimum atomic E-state index is -2.53. The Labute approximate surface area is 139 Å². The third-order valence-electron chi connectivity index (χ3n) is 4.05. The molecule has 1 aromatic rings. The number of rotatable bonds is 4. The van der Waals surface area contributed by atoms with Gasteiger partial charge in [-0.05, 0) is 40.0 Å². The number of hydrogen-bond donors (Lipinski definition) is 1. The molecule has 1 amide bonds. The summed E-state index contributed by atoms with van der Waals surface area (Å²) in [5.41, 5.74) is -0.173. The van der Waals surface area contributed by atoms with Crippen LogP contribution >= 0.6 is 0 Å². The summed E-state index contributed by atoms with van der Waals surface area (Å²) < 4.78 is 33.0. The minimum Gasteiger partial charge on any atom is -0.444 e. The molecule has 1 fully saturated rings. The van der Waals surface area contributed by atoms with Crippen LogP contribution in [0, 0.1) is 11.8 Å². The van der Waals surface area contributed by atoms with Crippen LogP contribution in [0.4, 0.5) is 19.3 Å². The molecule has 3 unspecified atom stereocenters. The molecule has 0 saturated heterocycles. The molecule has 0 aliphatic heterocycles. The minimum absolute atomic E-state index is 0.189. The van der Waals surface area contributed by atoms with Crippen molar-refractivity contribution in [1.82, 2.24) is 9.78 Å². The van der Waals surface area contributed by atoms with Gasteiger partial charge in [-0.3, -0.25) is 10.00 Å². The molecular formula is C16H23F2N3O3. The topological polar surface area (TPSA) is 73.2 Å². The quantitative estimate of drug-likeness (QED) is 0.847. The van der Waals surface area contributed by atoms with E-state index in [0.29, 0.717) is 24.8 Å². The molecule has 0 aromatic carbocycles. The first-order valence-corrected chi connectivity index (χ1v) is 7.97. The molecule has 8 heteroatoms. The third kappa shape index (κ3) is 4.75. The second-order valence-corrected chi connectivity index (χ2v) is 7.10. The van der Waals surface area contributed by atoms with Crippen molar-refractivity contribution in [3.63, 3.8) is 0 Å². The predicted molar refractivity (Wildman–Crippen MR) is 84.0 cm³/mol. The van der Waals surface area contributed by atoms with E-state index in [1.807, 2.05) is 0 Å². The summed E-state index contributed by atoms with van der Waals surface area (Å²) in [5, 5.41) is 6.71. The number of alkyl halides is 2. The zero-order chi connectivity index (χ0) is 17.9. The first kappa shape index (κ1) is 18.4. The van der Waals surface area contributed by atoms with Gasteiger partial charge >= 0.3 is 6.09 Å². The molecule has 1 heterocycles. The highest BCUT2D eigenvalue weighted by Gasteiger charge is 2.37. The van der Waals surface area contributed by atoms with Crippen molar-refractivity contribution >= 4 is 18.1 Å². The molecule has 6 nitrogen and oxygen atoms in total. The molecule has 134 valence electrons. The molecule has 1 aromatic heterocycles. The van der Waals surface area contributed by atoms with E-state index in [1.165, 1.54) is 6.20 Å². The number of hydrogen-bond acceptors (Lipinski definition) is 4. The van der Waals surface area contributed by atoms with E-state index in [4.69, 9.17) is 4.74 Å². The van der Waals surface area contributed by atoms with Crippen LogP contribution in [0.25, 0.3) is 0 Å². The number of halogens is 2. The first-order valence-electron chi connectivity index (χ1n) is 7.97. The van der Waals surface area contributed by atoms with Gasteiger partial charge in [0.15, 0.2) is 0 Å². The van der Waals surface area contributed by atoms with Crippen LogP contribution in [0.2, 0.25) is 0 Å². The zero-order valence-corrected chi connectivity index (χ0v) is 14.0. The van der Waals surface area contributed by atoms with E-state index >= 15 is 0 Å². The third-order valence-corrected chi connectivity index (χ3v) is 4.05. The van der Waals surface area contributed by atoms with E-state index in [1.54, 1.807) is 31.6 Å². The second kappa shape index (κ2) is 7.27. The summed E-state index contributed by atoms with van der Waals surface area (Å²) in [6.45, 7) is 5.27. The molecule has 1 aliphatic carbocycles. The summed E-state index contributed by atoms with van der Waals surface area (Å²) in [5.74, 6) is -1.55. The van der Waals surface area contributed by atoms with Gasteiger partial charge in [0.2, 0.25) is 6.43 Å². The van der Waals surface area contributed by atoms with E-state index in [9.17, 15) is 18.4 Å². The van der Waals surface area contributed by atoms with E-state index in [-0.39, 0.29) is 12.5 Å². The van der Waals surface area contributed by atoms with Gasteiger partial charge in [-0.1, -0.05) is 0 Å². The molecule has 0 radical (unpaired) electrons. The molecule has 1 saturated carbocycles. The van der Waals surface area contributed by atoms with Crippen molar-refractivity contribution in [2.75, 3.05) is 5.32 Å². The molecule has 2 rings (SSSR count). The van der Waals surface area contributed by atoms with Crippen molar-refractivity contribution in [2.24, 2.45) is 11.8 Å². The largest absolute Gasteiger partial charge is 0.444 e. The highest BCUT2D eigenvalue weighted by atomic mass is 19.3. The first-order chi connectivity index (χ1) is 11.2. The maximum Gasteiger partial charge on any atom is 0.412 e. The Morgan fingerprint density at radius 2 is 2.17 bits per heavy atom. The Morgan fingerprint density at radius 1 is 1.46 bits per heavy atom. The van der Waals surface area contributed by atoms with Gasteiger partial charge in [-0.15, -0.1) is 0 Å². The van der Waals surface area contributed by atoms with Crippen molar-refractivity contribution in [2.45, 2.75) is 58.1 Å². The summed E-state index contributed by atoms with van der Waals surface area (Å²) in [6, 6.07) is -0.214. The average molecular weight is 343 g/mol.